The van der Waals surface area contributed by atoms with Crippen LogP contribution < -0.4 is 0 Å². The van der Waals surface area contributed by atoms with Gasteiger partial charge in [-0.1, -0.05) is 44.2 Å². The monoisotopic (exact) mass is 192 g/mol. The van der Waals surface area contributed by atoms with E-state index in [2.05, 4.69) is 0 Å². The number of hydrogen-bond donors (Lipinski definition) is 1. The molecule has 0 radical (unpaired) electrons. The number of benzene rings is 1. The highest BCUT2D eigenvalue weighted by Crippen LogP contribution is 2.40. The fourth-order valence-corrected chi connectivity index (χ4v) is 1.81. The lowest BCUT2D eigenvalue weighted by Crippen LogP contribution is -2.28. The van der Waals surface area contributed by atoms with Crippen molar-refractivity contribution in [3.05, 3.63) is 35.9 Å². The Labute approximate surface area is 84.5 Å². The molecule has 1 heterocycles. The van der Waals surface area contributed by atoms with Crippen molar-refractivity contribution < 1.29 is 9.84 Å². The Balaban J connectivity index is 2.23. The van der Waals surface area contributed by atoms with Crippen molar-refractivity contribution in [3.63, 3.8) is 0 Å². The van der Waals surface area contributed by atoms with Crippen LogP contribution in [0, 0.1) is 5.41 Å². The van der Waals surface area contributed by atoms with Gasteiger partial charge < -0.3 is 9.84 Å². The molecule has 76 valence electrons. The second-order valence-electron chi connectivity index (χ2n) is 4.58. The summed E-state index contributed by atoms with van der Waals surface area (Å²) in [5, 5.41) is 10.0. The zero-order valence-electron chi connectivity index (χ0n) is 8.60. The van der Waals surface area contributed by atoms with E-state index in [9.17, 15) is 5.11 Å². The van der Waals surface area contributed by atoms with Crippen LogP contribution in [0.1, 0.15) is 25.5 Å². The van der Waals surface area contributed by atoms with Gasteiger partial charge in [-0.3, -0.25) is 0 Å². The molecule has 2 atom stereocenters. The molecule has 0 saturated carbocycles. The van der Waals surface area contributed by atoms with Crippen molar-refractivity contribution >= 4 is 0 Å². The van der Waals surface area contributed by atoms with Crippen molar-refractivity contribution in [3.8, 4) is 0 Å². The van der Waals surface area contributed by atoms with E-state index in [1.807, 2.05) is 44.2 Å². The van der Waals surface area contributed by atoms with Gasteiger partial charge in [-0.15, -0.1) is 0 Å². The lowest BCUT2D eigenvalue weighted by atomic mass is 9.85. The van der Waals surface area contributed by atoms with Gasteiger partial charge >= 0.3 is 0 Å². The largest absolute Gasteiger partial charge is 0.389 e. The van der Waals surface area contributed by atoms with Crippen LogP contribution in [-0.2, 0) is 4.74 Å². The summed E-state index contributed by atoms with van der Waals surface area (Å²) in [7, 11) is 0. The average Bonchev–Trinajstić information content (AvgIpc) is 2.44. The second kappa shape index (κ2) is 3.37. The van der Waals surface area contributed by atoms with E-state index in [0.29, 0.717) is 6.61 Å². The van der Waals surface area contributed by atoms with Gasteiger partial charge in [0.2, 0.25) is 0 Å². The number of hydrogen-bond acceptors (Lipinski definition) is 2. The fourth-order valence-electron chi connectivity index (χ4n) is 1.81. The minimum Gasteiger partial charge on any atom is -0.389 e. The summed E-state index contributed by atoms with van der Waals surface area (Å²) >= 11 is 0. The molecule has 2 nitrogen and oxygen atoms in total. The van der Waals surface area contributed by atoms with E-state index < -0.39 is 6.10 Å². The first-order valence-corrected chi connectivity index (χ1v) is 4.96. The molecule has 1 saturated heterocycles. The number of ether oxygens (including phenoxy) is 1. The molecule has 1 fully saturated rings. The molecule has 0 aliphatic carbocycles. The average molecular weight is 192 g/mol. The zero-order valence-corrected chi connectivity index (χ0v) is 8.60. The van der Waals surface area contributed by atoms with E-state index in [0.717, 1.165) is 5.56 Å². The minimum absolute atomic E-state index is 0.138. The summed E-state index contributed by atoms with van der Waals surface area (Å²) in [5.74, 6) is 0. The van der Waals surface area contributed by atoms with Gasteiger partial charge in [0, 0.05) is 5.41 Å². The van der Waals surface area contributed by atoms with Crippen LogP contribution >= 0.6 is 0 Å². The predicted octanol–water partition coefficient (Wildman–Crippen LogP) is 2.15. The molecule has 1 aromatic carbocycles. The molecule has 0 aromatic heterocycles. The Hall–Kier alpha value is -0.860. The van der Waals surface area contributed by atoms with E-state index >= 15 is 0 Å². The maximum absolute atomic E-state index is 10.0. The summed E-state index contributed by atoms with van der Waals surface area (Å²) in [6.07, 6.45) is -0.573. The minimum atomic E-state index is -0.412. The number of aliphatic hydroxyl groups excluding tert-OH is 1. The van der Waals surface area contributed by atoms with Crippen LogP contribution in [0.3, 0.4) is 0 Å². The second-order valence-corrected chi connectivity index (χ2v) is 4.58. The Kier molecular flexibility index (Phi) is 2.33. The highest BCUT2D eigenvalue weighted by Gasteiger charge is 2.42. The van der Waals surface area contributed by atoms with Crippen molar-refractivity contribution in [1.29, 1.82) is 0 Å². The van der Waals surface area contributed by atoms with E-state index in [-0.39, 0.29) is 11.5 Å². The fraction of sp³-hybridized carbons (Fsp3) is 0.500. The SMILES string of the molecule is CC1(C)CO[C@H](c2ccccc2)[C@@H]1O. The number of rotatable bonds is 1. The zero-order chi connectivity index (χ0) is 10.2. The van der Waals surface area contributed by atoms with E-state index in [1.54, 1.807) is 0 Å². The summed E-state index contributed by atoms with van der Waals surface area (Å²) in [4.78, 5) is 0. The molecule has 2 heteroatoms. The van der Waals surface area contributed by atoms with Gasteiger partial charge in [-0.25, -0.2) is 0 Å². The molecule has 14 heavy (non-hydrogen) atoms. The third kappa shape index (κ3) is 1.56. The smallest absolute Gasteiger partial charge is 0.109 e. The lowest BCUT2D eigenvalue weighted by molar-refractivity contribution is 0.0307. The van der Waals surface area contributed by atoms with Crippen molar-refractivity contribution in [1.82, 2.24) is 0 Å². The Morgan fingerprint density at radius 1 is 1.29 bits per heavy atom. The van der Waals surface area contributed by atoms with Crippen LogP contribution in [0.2, 0.25) is 0 Å². The first-order chi connectivity index (χ1) is 6.61. The molecular formula is C12H16O2. The molecule has 1 aromatic rings. The van der Waals surface area contributed by atoms with Crippen LogP contribution in [-0.4, -0.2) is 17.8 Å². The molecule has 0 bridgehead atoms. The highest BCUT2D eigenvalue weighted by atomic mass is 16.5. The molecule has 0 spiro atoms. The topological polar surface area (TPSA) is 29.5 Å². The van der Waals surface area contributed by atoms with Crippen LogP contribution in [0.5, 0.6) is 0 Å². The summed E-state index contributed by atoms with van der Waals surface area (Å²) in [6.45, 7) is 4.68. The molecule has 1 aliphatic rings. The van der Waals surface area contributed by atoms with Crippen LogP contribution in [0.25, 0.3) is 0 Å². The quantitative estimate of drug-likeness (QED) is 0.738. The Bertz CT molecular complexity index is 305. The summed E-state index contributed by atoms with van der Waals surface area (Å²) in [6, 6.07) is 9.90. The first kappa shape index (κ1) is 9.69. The molecule has 0 amide bonds. The molecule has 0 unspecified atom stereocenters. The first-order valence-electron chi connectivity index (χ1n) is 4.96. The van der Waals surface area contributed by atoms with Gasteiger partial charge in [-0.2, -0.15) is 0 Å². The van der Waals surface area contributed by atoms with E-state index in [1.165, 1.54) is 0 Å². The van der Waals surface area contributed by atoms with Gasteiger partial charge in [-0.05, 0) is 5.56 Å². The standard InChI is InChI=1S/C12H16O2/c1-12(2)8-14-10(11(12)13)9-6-4-3-5-7-9/h3-7,10-11,13H,8H2,1-2H3/t10-,11+/m1/s1. The Morgan fingerprint density at radius 3 is 2.43 bits per heavy atom. The van der Waals surface area contributed by atoms with Gasteiger partial charge in [0.25, 0.3) is 0 Å². The van der Waals surface area contributed by atoms with Gasteiger partial charge in [0.1, 0.15) is 6.10 Å². The van der Waals surface area contributed by atoms with E-state index in [4.69, 9.17) is 4.74 Å². The van der Waals surface area contributed by atoms with Crippen LogP contribution in [0.4, 0.5) is 0 Å². The summed E-state index contributed by atoms with van der Waals surface area (Å²) in [5.41, 5.74) is 0.922. The van der Waals surface area contributed by atoms with Crippen molar-refractivity contribution in [2.24, 2.45) is 5.41 Å². The highest BCUT2D eigenvalue weighted by molar-refractivity contribution is 5.20. The third-order valence-corrected chi connectivity index (χ3v) is 2.85. The maximum atomic E-state index is 10.0. The maximum Gasteiger partial charge on any atom is 0.109 e. The normalized spacial score (nSPS) is 30.5. The molecule has 2 rings (SSSR count). The molecule has 1 N–H and O–H groups in total. The van der Waals surface area contributed by atoms with Crippen LogP contribution in [0.15, 0.2) is 30.3 Å². The van der Waals surface area contributed by atoms with Gasteiger partial charge in [0.15, 0.2) is 0 Å². The van der Waals surface area contributed by atoms with Gasteiger partial charge in [0.05, 0.1) is 12.7 Å². The Morgan fingerprint density at radius 2 is 1.93 bits per heavy atom. The molecular weight excluding hydrogens is 176 g/mol. The predicted molar refractivity (Wildman–Crippen MR) is 54.9 cm³/mol. The van der Waals surface area contributed by atoms with Crippen molar-refractivity contribution in [2.75, 3.05) is 6.61 Å². The lowest BCUT2D eigenvalue weighted by Gasteiger charge is -2.22. The van der Waals surface area contributed by atoms with Crippen molar-refractivity contribution in [2.45, 2.75) is 26.1 Å². The third-order valence-electron chi connectivity index (χ3n) is 2.85. The molecule has 1 aliphatic heterocycles. The number of aliphatic hydroxyl groups is 1. The summed E-state index contributed by atoms with van der Waals surface area (Å²) < 4.78 is 5.62.